The van der Waals surface area contributed by atoms with Crippen LogP contribution in [0.15, 0.2) is 43.5 Å². The predicted molar refractivity (Wildman–Crippen MR) is 65.4 cm³/mol. The van der Waals surface area contributed by atoms with E-state index in [4.69, 9.17) is 11.6 Å². The lowest BCUT2D eigenvalue weighted by atomic mass is 10.4. The molecule has 0 aliphatic carbocycles. The maximum atomic E-state index is 5.88. The topological polar surface area (TPSA) is 12.9 Å². The molecule has 14 heavy (non-hydrogen) atoms. The van der Waals surface area contributed by atoms with Crippen molar-refractivity contribution in [1.29, 1.82) is 0 Å². The SMILES string of the molecule is Clc1cccc(Sc2nc(Br)cs2)c1. The highest BCUT2D eigenvalue weighted by atomic mass is 79.9. The van der Waals surface area contributed by atoms with E-state index >= 15 is 0 Å². The first-order chi connectivity index (χ1) is 6.74. The van der Waals surface area contributed by atoms with Crippen LogP contribution >= 0.6 is 50.6 Å². The lowest BCUT2D eigenvalue weighted by molar-refractivity contribution is 1.21. The molecule has 1 aromatic heterocycles. The van der Waals surface area contributed by atoms with Gasteiger partial charge in [-0.3, -0.25) is 0 Å². The first-order valence-corrected chi connectivity index (χ1v) is 6.65. The molecule has 0 aliphatic heterocycles. The van der Waals surface area contributed by atoms with Gasteiger partial charge in [-0.1, -0.05) is 29.4 Å². The smallest absolute Gasteiger partial charge is 0.155 e. The van der Waals surface area contributed by atoms with E-state index in [1.165, 1.54) is 0 Å². The van der Waals surface area contributed by atoms with Gasteiger partial charge in [0.05, 0.1) is 0 Å². The van der Waals surface area contributed by atoms with E-state index in [1.807, 2.05) is 29.6 Å². The summed E-state index contributed by atoms with van der Waals surface area (Å²) in [5.41, 5.74) is 0. The summed E-state index contributed by atoms with van der Waals surface area (Å²) in [7, 11) is 0. The second-order valence-corrected chi connectivity index (χ2v) is 5.92. The zero-order chi connectivity index (χ0) is 9.97. The number of hydrogen-bond acceptors (Lipinski definition) is 3. The van der Waals surface area contributed by atoms with Gasteiger partial charge in [-0.15, -0.1) is 11.3 Å². The van der Waals surface area contributed by atoms with Gasteiger partial charge in [0, 0.05) is 15.3 Å². The highest BCUT2D eigenvalue weighted by Gasteiger charge is 2.02. The van der Waals surface area contributed by atoms with Gasteiger partial charge in [0.15, 0.2) is 4.34 Å². The number of hydrogen-bond donors (Lipinski definition) is 0. The molecular formula is C9H5BrClNS2. The molecule has 2 rings (SSSR count). The molecule has 0 saturated carbocycles. The summed E-state index contributed by atoms with van der Waals surface area (Å²) in [6.07, 6.45) is 0. The highest BCUT2D eigenvalue weighted by molar-refractivity contribution is 9.10. The first-order valence-electron chi connectivity index (χ1n) is 3.78. The van der Waals surface area contributed by atoms with Gasteiger partial charge in [-0.05, 0) is 34.1 Å². The Morgan fingerprint density at radius 2 is 2.29 bits per heavy atom. The summed E-state index contributed by atoms with van der Waals surface area (Å²) in [6, 6.07) is 7.75. The van der Waals surface area contributed by atoms with Crippen molar-refractivity contribution in [3.05, 3.63) is 39.3 Å². The molecular weight excluding hydrogens is 302 g/mol. The molecule has 0 unspecified atom stereocenters. The lowest BCUT2D eigenvalue weighted by Gasteiger charge is -1.96. The van der Waals surface area contributed by atoms with Crippen LogP contribution in [0, 0.1) is 0 Å². The molecule has 1 aromatic carbocycles. The maximum absolute atomic E-state index is 5.88. The summed E-state index contributed by atoms with van der Waals surface area (Å²) in [5.74, 6) is 0. The van der Waals surface area contributed by atoms with Gasteiger partial charge in [-0.2, -0.15) is 0 Å². The average molecular weight is 307 g/mol. The number of halogens is 2. The Bertz CT molecular complexity index is 444. The van der Waals surface area contributed by atoms with Crippen LogP contribution in [0.4, 0.5) is 0 Å². The van der Waals surface area contributed by atoms with Crippen molar-refractivity contribution in [3.63, 3.8) is 0 Å². The quantitative estimate of drug-likeness (QED) is 0.797. The van der Waals surface area contributed by atoms with Gasteiger partial charge in [-0.25, -0.2) is 4.98 Å². The Labute approximate surface area is 104 Å². The second kappa shape index (κ2) is 4.66. The molecule has 0 saturated heterocycles. The van der Waals surface area contributed by atoms with Crippen LogP contribution in [0.5, 0.6) is 0 Å². The van der Waals surface area contributed by atoms with Crippen molar-refractivity contribution in [2.45, 2.75) is 9.24 Å². The largest absolute Gasteiger partial charge is 0.222 e. The van der Waals surface area contributed by atoms with E-state index in [0.29, 0.717) is 0 Å². The fourth-order valence-corrected chi connectivity index (χ4v) is 3.57. The molecule has 2 aromatic rings. The monoisotopic (exact) mass is 305 g/mol. The molecule has 1 nitrogen and oxygen atoms in total. The molecule has 0 fully saturated rings. The zero-order valence-electron chi connectivity index (χ0n) is 6.91. The molecule has 0 radical (unpaired) electrons. The average Bonchev–Trinajstić information content (AvgIpc) is 2.51. The van der Waals surface area contributed by atoms with E-state index in [9.17, 15) is 0 Å². The van der Waals surface area contributed by atoms with Crippen molar-refractivity contribution in [3.8, 4) is 0 Å². The maximum Gasteiger partial charge on any atom is 0.155 e. The summed E-state index contributed by atoms with van der Waals surface area (Å²) in [4.78, 5) is 5.40. The third kappa shape index (κ3) is 2.73. The van der Waals surface area contributed by atoms with Gasteiger partial charge < -0.3 is 0 Å². The third-order valence-electron chi connectivity index (χ3n) is 1.46. The molecule has 0 N–H and O–H groups in total. The summed E-state index contributed by atoms with van der Waals surface area (Å²) < 4.78 is 1.89. The minimum absolute atomic E-state index is 0.755. The molecule has 72 valence electrons. The van der Waals surface area contributed by atoms with Crippen LogP contribution in [0.2, 0.25) is 5.02 Å². The van der Waals surface area contributed by atoms with Gasteiger partial charge in [0.2, 0.25) is 0 Å². The normalized spacial score (nSPS) is 10.4. The molecule has 0 bridgehead atoms. The van der Waals surface area contributed by atoms with Gasteiger partial charge in [0.25, 0.3) is 0 Å². The van der Waals surface area contributed by atoms with Crippen LogP contribution in [0.1, 0.15) is 0 Å². The number of rotatable bonds is 2. The highest BCUT2D eigenvalue weighted by Crippen LogP contribution is 2.32. The molecule has 1 heterocycles. The van der Waals surface area contributed by atoms with E-state index in [-0.39, 0.29) is 0 Å². The van der Waals surface area contributed by atoms with Crippen molar-refractivity contribution in [1.82, 2.24) is 4.98 Å². The summed E-state index contributed by atoms with van der Waals surface area (Å²) in [5, 5.41) is 2.72. The summed E-state index contributed by atoms with van der Waals surface area (Å²) in [6.45, 7) is 0. The van der Waals surface area contributed by atoms with Gasteiger partial charge >= 0.3 is 0 Å². The van der Waals surface area contributed by atoms with Crippen LogP contribution in [-0.2, 0) is 0 Å². The third-order valence-corrected chi connectivity index (χ3v) is 4.33. The molecule has 0 atom stereocenters. The fourth-order valence-electron chi connectivity index (χ4n) is 0.917. The Hall–Kier alpha value is -0.0300. The Kier molecular flexibility index (Phi) is 3.49. The van der Waals surface area contributed by atoms with Crippen LogP contribution in [-0.4, -0.2) is 4.98 Å². The zero-order valence-corrected chi connectivity index (χ0v) is 10.9. The van der Waals surface area contributed by atoms with Crippen LogP contribution in [0.3, 0.4) is 0 Å². The molecule has 0 spiro atoms. The number of aromatic nitrogens is 1. The Morgan fingerprint density at radius 3 is 2.93 bits per heavy atom. The predicted octanol–water partition coefficient (Wildman–Crippen LogP) is 4.71. The van der Waals surface area contributed by atoms with Crippen molar-refractivity contribution < 1.29 is 0 Å². The second-order valence-electron chi connectivity index (χ2n) is 2.50. The van der Waals surface area contributed by atoms with Gasteiger partial charge in [0.1, 0.15) is 4.60 Å². The minimum atomic E-state index is 0.755. The lowest BCUT2D eigenvalue weighted by Crippen LogP contribution is -1.71. The number of thiazole rings is 1. The van der Waals surface area contributed by atoms with Crippen molar-refractivity contribution in [2.24, 2.45) is 0 Å². The first kappa shape index (κ1) is 10.5. The molecule has 0 amide bonds. The van der Waals surface area contributed by atoms with E-state index in [1.54, 1.807) is 23.1 Å². The van der Waals surface area contributed by atoms with E-state index in [2.05, 4.69) is 20.9 Å². The number of nitrogens with zero attached hydrogens (tertiary/aromatic N) is 1. The molecule has 0 aliphatic rings. The standard InChI is InChI=1S/C9H5BrClNS2/c10-8-5-13-9(12-8)14-7-3-1-2-6(11)4-7/h1-5H. The van der Waals surface area contributed by atoms with Crippen LogP contribution < -0.4 is 0 Å². The van der Waals surface area contributed by atoms with E-state index < -0.39 is 0 Å². The summed E-state index contributed by atoms with van der Waals surface area (Å²) >= 11 is 12.4. The molecule has 5 heteroatoms. The Morgan fingerprint density at radius 1 is 1.43 bits per heavy atom. The fraction of sp³-hybridized carbons (Fsp3) is 0. The van der Waals surface area contributed by atoms with Crippen molar-refractivity contribution in [2.75, 3.05) is 0 Å². The number of benzene rings is 1. The van der Waals surface area contributed by atoms with Crippen LogP contribution in [0.25, 0.3) is 0 Å². The van der Waals surface area contributed by atoms with E-state index in [0.717, 1.165) is 18.9 Å². The minimum Gasteiger partial charge on any atom is -0.222 e. The Balaban J connectivity index is 2.18. The van der Waals surface area contributed by atoms with Crippen molar-refractivity contribution >= 4 is 50.6 Å².